The van der Waals surface area contributed by atoms with Crippen molar-refractivity contribution in [3.63, 3.8) is 0 Å². The lowest BCUT2D eigenvalue weighted by Gasteiger charge is -2.23. The van der Waals surface area contributed by atoms with Crippen LogP contribution in [0.25, 0.3) is 0 Å². The average molecular weight is 293 g/mol. The number of rotatable bonds is 6. The number of aliphatic hydroxyl groups excluding tert-OH is 1. The van der Waals surface area contributed by atoms with Crippen LogP contribution in [0.2, 0.25) is 0 Å². The van der Waals surface area contributed by atoms with Crippen LogP contribution >= 0.6 is 0 Å². The van der Waals surface area contributed by atoms with Crippen LogP contribution in [-0.4, -0.2) is 24.3 Å². The van der Waals surface area contributed by atoms with E-state index in [9.17, 15) is 9.18 Å². The summed E-state index contributed by atoms with van der Waals surface area (Å²) in [5, 5.41) is 22.9. The number of nitrogens with zero attached hydrogens (tertiary/aromatic N) is 1. The molecule has 2 amide bonds. The van der Waals surface area contributed by atoms with E-state index in [-0.39, 0.29) is 24.1 Å². The molecule has 0 aliphatic heterocycles. The van der Waals surface area contributed by atoms with E-state index in [0.717, 1.165) is 0 Å². The smallest absolute Gasteiger partial charge is 0.315 e. The number of halogens is 1. The first kappa shape index (κ1) is 16.9. The minimum absolute atomic E-state index is 0.00755. The van der Waals surface area contributed by atoms with Gasteiger partial charge in [0.25, 0.3) is 0 Å². The minimum atomic E-state index is -0.463. The van der Waals surface area contributed by atoms with Crippen LogP contribution in [0.4, 0.5) is 9.18 Å². The monoisotopic (exact) mass is 293 g/mol. The Labute approximate surface area is 123 Å². The third kappa shape index (κ3) is 5.79. The van der Waals surface area contributed by atoms with Crippen molar-refractivity contribution in [2.75, 3.05) is 13.2 Å². The van der Waals surface area contributed by atoms with Gasteiger partial charge in [-0.1, -0.05) is 13.8 Å². The number of carbonyl (C=O) groups excluding carboxylic acids is 1. The Morgan fingerprint density at radius 3 is 2.76 bits per heavy atom. The molecule has 0 spiro atoms. The SMILES string of the molecule is CC(C)(CCO)CNC(=O)NCc1cc(C#N)ccc1F. The molecule has 0 aromatic heterocycles. The first-order valence-corrected chi connectivity index (χ1v) is 6.69. The highest BCUT2D eigenvalue weighted by Gasteiger charge is 2.18. The van der Waals surface area contributed by atoms with E-state index in [1.54, 1.807) is 0 Å². The maximum Gasteiger partial charge on any atom is 0.315 e. The lowest BCUT2D eigenvalue weighted by atomic mass is 9.90. The molecule has 0 aliphatic rings. The molecular formula is C15H20FN3O2. The molecule has 114 valence electrons. The van der Waals surface area contributed by atoms with Crippen molar-refractivity contribution in [2.24, 2.45) is 5.41 Å². The van der Waals surface area contributed by atoms with Crippen molar-refractivity contribution in [3.8, 4) is 6.07 Å². The lowest BCUT2D eigenvalue weighted by molar-refractivity contribution is 0.201. The second-order valence-electron chi connectivity index (χ2n) is 5.59. The largest absolute Gasteiger partial charge is 0.396 e. The number of aliphatic hydroxyl groups is 1. The van der Waals surface area contributed by atoms with Crippen LogP contribution in [0.1, 0.15) is 31.4 Å². The molecule has 0 saturated carbocycles. The standard InChI is InChI=1S/C15H20FN3O2/c1-15(2,5-6-20)10-19-14(21)18-9-12-7-11(8-17)3-4-13(12)16/h3-4,7,20H,5-6,9-10H2,1-2H3,(H2,18,19,21). The Kier molecular flexibility index (Phi) is 6.12. The van der Waals surface area contributed by atoms with Gasteiger partial charge in [-0.3, -0.25) is 0 Å². The molecular weight excluding hydrogens is 273 g/mol. The molecule has 6 heteroatoms. The van der Waals surface area contributed by atoms with Gasteiger partial charge in [0.1, 0.15) is 5.82 Å². The molecule has 1 rings (SSSR count). The number of urea groups is 1. The zero-order valence-electron chi connectivity index (χ0n) is 12.2. The van der Waals surface area contributed by atoms with Crippen molar-refractivity contribution in [1.82, 2.24) is 10.6 Å². The Bertz CT molecular complexity index is 538. The van der Waals surface area contributed by atoms with Crippen molar-refractivity contribution in [1.29, 1.82) is 5.26 Å². The molecule has 0 fully saturated rings. The van der Waals surface area contributed by atoms with Crippen LogP contribution in [0.15, 0.2) is 18.2 Å². The Morgan fingerprint density at radius 2 is 2.14 bits per heavy atom. The number of benzene rings is 1. The summed E-state index contributed by atoms with van der Waals surface area (Å²) in [5.74, 6) is -0.463. The number of hydrogen-bond acceptors (Lipinski definition) is 3. The van der Waals surface area contributed by atoms with Crippen LogP contribution in [0, 0.1) is 22.6 Å². The van der Waals surface area contributed by atoms with Crippen LogP contribution in [0.3, 0.4) is 0 Å². The van der Waals surface area contributed by atoms with E-state index in [1.807, 2.05) is 19.9 Å². The van der Waals surface area contributed by atoms with Crippen molar-refractivity contribution < 1.29 is 14.3 Å². The van der Waals surface area contributed by atoms with Crippen molar-refractivity contribution in [2.45, 2.75) is 26.8 Å². The van der Waals surface area contributed by atoms with Crippen LogP contribution in [-0.2, 0) is 6.54 Å². The second kappa shape index (κ2) is 7.60. The summed E-state index contributed by atoms with van der Waals surface area (Å²) in [4.78, 5) is 11.7. The average Bonchev–Trinajstić information content (AvgIpc) is 2.44. The molecule has 0 radical (unpaired) electrons. The molecule has 0 unspecified atom stereocenters. The topological polar surface area (TPSA) is 85.2 Å². The Balaban J connectivity index is 2.49. The van der Waals surface area contributed by atoms with Gasteiger partial charge in [-0.15, -0.1) is 0 Å². The van der Waals surface area contributed by atoms with Gasteiger partial charge in [0.05, 0.1) is 11.6 Å². The number of carbonyl (C=O) groups is 1. The van der Waals surface area contributed by atoms with Crippen LogP contribution < -0.4 is 10.6 Å². The number of hydrogen-bond donors (Lipinski definition) is 3. The molecule has 3 N–H and O–H groups in total. The maximum absolute atomic E-state index is 13.5. The summed E-state index contributed by atoms with van der Waals surface area (Å²) in [6.45, 7) is 4.33. The van der Waals surface area contributed by atoms with Gasteiger partial charge >= 0.3 is 6.03 Å². The fraction of sp³-hybridized carbons (Fsp3) is 0.467. The summed E-state index contributed by atoms with van der Waals surface area (Å²) in [6, 6.07) is 5.51. The Morgan fingerprint density at radius 1 is 1.43 bits per heavy atom. The van der Waals surface area contributed by atoms with E-state index in [1.165, 1.54) is 18.2 Å². The summed E-state index contributed by atoms with van der Waals surface area (Å²) in [7, 11) is 0. The summed E-state index contributed by atoms with van der Waals surface area (Å²) in [5.41, 5.74) is 0.398. The van der Waals surface area contributed by atoms with E-state index in [4.69, 9.17) is 10.4 Å². The van der Waals surface area contributed by atoms with Gasteiger partial charge < -0.3 is 15.7 Å². The van der Waals surface area contributed by atoms with Gasteiger partial charge in [0.2, 0.25) is 0 Å². The van der Waals surface area contributed by atoms with E-state index in [0.29, 0.717) is 18.5 Å². The van der Waals surface area contributed by atoms with Gasteiger partial charge in [-0.25, -0.2) is 9.18 Å². The van der Waals surface area contributed by atoms with Gasteiger partial charge in [0, 0.05) is 25.3 Å². The summed E-state index contributed by atoms with van der Waals surface area (Å²) >= 11 is 0. The lowest BCUT2D eigenvalue weighted by Crippen LogP contribution is -2.40. The first-order chi connectivity index (χ1) is 9.88. The molecule has 0 saturated heterocycles. The Hall–Kier alpha value is -2.13. The van der Waals surface area contributed by atoms with Gasteiger partial charge in [0.15, 0.2) is 0 Å². The zero-order chi connectivity index (χ0) is 15.9. The molecule has 0 aliphatic carbocycles. The molecule has 0 heterocycles. The molecule has 1 aromatic rings. The van der Waals surface area contributed by atoms with Crippen LogP contribution in [0.5, 0.6) is 0 Å². The summed E-state index contributed by atoms with van der Waals surface area (Å²) < 4.78 is 13.5. The van der Waals surface area contributed by atoms with E-state index < -0.39 is 11.8 Å². The molecule has 0 bridgehead atoms. The van der Waals surface area contributed by atoms with Gasteiger partial charge in [-0.05, 0) is 30.0 Å². The zero-order valence-corrected chi connectivity index (χ0v) is 12.2. The fourth-order valence-corrected chi connectivity index (χ4v) is 1.73. The third-order valence-corrected chi connectivity index (χ3v) is 3.13. The highest BCUT2D eigenvalue weighted by molar-refractivity contribution is 5.73. The minimum Gasteiger partial charge on any atom is -0.396 e. The van der Waals surface area contributed by atoms with Gasteiger partial charge in [-0.2, -0.15) is 5.26 Å². The quantitative estimate of drug-likeness (QED) is 0.749. The molecule has 5 nitrogen and oxygen atoms in total. The molecule has 0 atom stereocenters. The highest BCUT2D eigenvalue weighted by atomic mass is 19.1. The summed E-state index contributed by atoms with van der Waals surface area (Å²) in [6.07, 6.45) is 0.576. The van der Waals surface area contributed by atoms with Crippen molar-refractivity contribution in [3.05, 3.63) is 35.1 Å². The highest BCUT2D eigenvalue weighted by Crippen LogP contribution is 2.17. The third-order valence-electron chi connectivity index (χ3n) is 3.13. The molecule has 21 heavy (non-hydrogen) atoms. The van der Waals surface area contributed by atoms with E-state index in [2.05, 4.69) is 10.6 Å². The fourth-order valence-electron chi connectivity index (χ4n) is 1.73. The van der Waals surface area contributed by atoms with E-state index >= 15 is 0 Å². The normalized spacial score (nSPS) is 10.8. The number of nitrogens with one attached hydrogen (secondary N) is 2. The first-order valence-electron chi connectivity index (χ1n) is 6.69. The number of amides is 2. The number of nitriles is 1. The molecule has 1 aromatic carbocycles. The maximum atomic E-state index is 13.5. The second-order valence-corrected chi connectivity index (χ2v) is 5.59. The predicted molar refractivity (Wildman–Crippen MR) is 76.8 cm³/mol. The predicted octanol–water partition coefficient (Wildman–Crippen LogP) is 1.91. The van der Waals surface area contributed by atoms with Crippen molar-refractivity contribution >= 4 is 6.03 Å².